The van der Waals surface area contributed by atoms with Crippen molar-refractivity contribution in [1.29, 1.82) is 0 Å². The van der Waals surface area contributed by atoms with Gasteiger partial charge in [-0.05, 0) is 19.8 Å². The van der Waals surface area contributed by atoms with Crippen molar-refractivity contribution in [3.05, 3.63) is 17.3 Å². The Morgan fingerprint density at radius 1 is 1.53 bits per heavy atom. The van der Waals surface area contributed by atoms with Gasteiger partial charge in [0.2, 0.25) is 5.89 Å². The maximum atomic E-state index is 5.49. The van der Waals surface area contributed by atoms with Crippen molar-refractivity contribution in [2.75, 3.05) is 5.75 Å². The molecular formula is C12H19N3OS. The molecule has 1 aliphatic rings. The summed E-state index contributed by atoms with van der Waals surface area (Å²) >= 11 is 1.78. The minimum Gasteiger partial charge on any atom is -0.444 e. The number of aromatic nitrogens is 1. The average molecular weight is 253 g/mol. The molecule has 2 heterocycles. The second-order valence-electron chi connectivity index (χ2n) is 4.68. The summed E-state index contributed by atoms with van der Waals surface area (Å²) in [5.74, 6) is 3.32. The van der Waals surface area contributed by atoms with Gasteiger partial charge in [0.1, 0.15) is 12.3 Å². The number of aliphatic imine (C=N–C) groups is 1. The number of hydrogen-bond donors (Lipinski definition) is 1. The van der Waals surface area contributed by atoms with Crippen LogP contribution in [0.4, 0.5) is 0 Å². The highest BCUT2D eigenvalue weighted by Crippen LogP contribution is 2.19. The van der Waals surface area contributed by atoms with Gasteiger partial charge >= 0.3 is 0 Å². The molecule has 4 nitrogen and oxygen atoms in total. The zero-order valence-electron chi connectivity index (χ0n) is 10.8. The molecule has 0 aliphatic carbocycles. The second kappa shape index (κ2) is 5.12. The average Bonchev–Trinajstić information content (AvgIpc) is 2.84. The fourth-order valence-electron chi connectivity index (χ4n) is 1.61. The van der Waals surface area contributed by atoms with Gasteiger partial charge < -0.3 is 9.73 Å². The fraction of sp³-hybridized carbons (Fsp3) is 0.667. The molecule has 0 radical (unpaired) electrons. The summed E-state index contributed by atoms with van der Waals surface area (Å²) in [6.45, 7) is 8.85. The highest BCUT2D eigenvalue weighted by Gasteiger charge is 2.22. The lowest BCUT2D eigenvalue weighted by Gasteiger charge is -2.12. The summed E-state index contributed by atoms with van der Waals surface area (Å²) < 4.78 is 5.49. The Labute approximate surface area is 106 Å². The summed E-state index contributed by atoms with van der Waals surface area (Å²) in [5.41, 5.74) is 0.951. The smallest absolute Gasteiger partial charge is 0.216 e. The first-order valence-electron chi connectivity index (χ1n) is 5.93. The molecule has 5 heteroatoms. The number of thioether (sulfide) groups is 1. The van der Waals surface area contributed by atoms with Crippen LogP contribution < -0.4 is 5.32 Å². The molecule has 0 spiro atoms. The van der Waals surface area contributed by atoms with Crippen molar-refractivity contribution in [3.8, 4) is 0 Å². The third kappa shape index (κ3) is 3.03. The summed E-state index contributed by atoms with van der Waals surface area (Å²) in [6, 6.07) is 0.534. The van der Waals surface area contributed by atoms with Crippen molar-refractivity contribution in [2.24, 2.45) is 10.9 Å². The molecule has 0 aromatic carbocycles. The van der Waals surface area contributed by atoms with Crippen LogP contribution in [-0.4, -0.2) is 21.9 Å². The molecule has 1 N–H and O–H groups in total. The van der Waals surface area contributed by atoms with Crippen LogP contribution in [0.25, 0.3) is 0 Å². The summed E-state index contributed by atoms with van der Waals surface area (Å²) in [7, 11) is 0. The van der Waals surface area contributed by atoms with E-state index in [1.54, 1.807) is 11.8 Å². The predicted octanol–water partition coefficient (Wildman–Crippen LogP) is 2.51. The van der Waals surface area contributed by atoms with E-state index in [2.05, 4.69) is 29.1 Å². The highest BCUT2D eigenvalue weighted by atomic mass is 32.2. The van der Waals surface area contributed by atoms with Gasteiger partial charge in [-0.25, -0.2) is 4.98 Å². The Morgan fingerprint density at radius 3 is 2.82 bits per heavy atom. The molecule has 0 bridgehead atoms. The van der Waals surface area contributed by atoms with E-state index in [0.29, 0.717) is 24.4 Å². The minimum absolute atomic E-state index is 0.523. The monoisotopic (exact) mass is 253 g/mol. The molecule has 1 aromatic heterocycles. The Morgan fingerprint density at radius 2 is 2.29 bits per heavy atom. The quantitative estimate of drug-likeness (QED) is 0.899. The van der Waals surface area contributed by atoms with Crippen LogP contribution in [0.2, 0.25) is 0 Å². The first-order chi connectivity index (χ1) is 8.06. The minimum atomic E-state index is 0.523. The third-order valence-corrected chi connectivity index (χ3v) is 3.99. The molecule has 1 aliphatic heterocycles. The second-order valence-corrected chi connectivity index (χ2v) is 5.69. The van der Waals surface area contributed by atoms with E-state index in [1.165, 1.54) is 0 Å². The SMILES string of the molecule is Cc1nc(CN=C2NC(C(C)C)CS2)oc1C. The van der Waals surface area contributed by atoms with Crippen molar-refractivity contribution in [2.45, 2.75) is 40.3 Å². The Hall–Kier alpha value is -0.970. The lowest BCUT2D eigenvalue weighted by atomic mass is 10.1. The zero-order chi connectivity index (χ0) is 12.4. The van der Waals surface area contributed by atoms with Crippen molar-refractivity contribution in [1.82, 2.24) is 10.3 Å². The molecule has 17 heavy (non-hydrogen) atoms. The molecule has 2 rings (SSSR count). The zero-order valence-corrected chi connectivity index (χ0v) is 11.6. The molecule has 1 fully saturated rings. The van der Waals surface area contributed by atoms with E-state index in [9.17, 15) is 0 Å². The molecule has 1 aromatic rings. The van der Waals surface area contributed by atoms with Gasteiger partial charge in [-0.2, -0.15) is 0 Å². The number of nitrogens with zero attached hydrogens (tertiary/aromatic N) is 2. The molecule has 0 amide bonds. The summed E-state index contributed by atoms with van der Waals surface area (Å²) in [6.07, 6.45) is 0. The Balaban J connectivity index is 1.93. The van der Waals surface area contributed by atoms with E-state index in [0.717, 1.165) is 22.4 Å². The van der Waals surface area contributed by atoms with Crippen LogP contribution in [0, 0.1) is 19.8 Å². The van der Waals surface area contributed by atoms with Crippen LogP contribution in [0.3, 0.4) is 0 Å². The third-order valence-electron chi connectivity index (χ3n) is 2.94. The normalized spacial score (nSPS) is 22.4. The number of aryl methyl sites for hydroxylation is 2. The Bertz CT molecular complexity index is 406. The van der Waals surface area contributed by atoms with E-state index >= 15 is 0 Å². The van der Waals surface area contributed by atoms with Gasteiger partial charge in [-0.3, -0.25) is 4.99 Å². The van der Waals surface area contributed by atoms with Gasteiger partial charge in [0, 0.05) is 11.8 Å². The van der Waals surface area contributed by atoms with Gasteiger partial charge in [0.05, 0.1) is 5.69 Å². The molecule has 1 atom stereocenters. The van der Waals surface area contributed by atoms with E-state index in [-0.39, 0.29) is 0 Å². The van der Waals surface area contributed by atoms with Crippen LogP contribution in [0.15, 0.2) is 9.41 Å². The molecule has 1 unspecified atom stereocenters. The summed E-state index contributed by atoms with van der Waals surface area (Å²) in [5, 5.41) is 4.44. The van der Waals surface area contributed by atoms with Gasteiger partial charge in [0.15, 0.2) is 5.17 Å². The van der Waals surface area contributed by atoms with Crippen molar-refractivity contribution >= 4 is 16.9 Å². The number of amidine groups is 1. The van der Waals surface area contributed by atoms with Crippen molar-refractivity contribution < 1.29 is 4.42 Å². The van der Waals surface area contributed by atoms with Crippen LogP contribution in [0.1, 0.15) is 31.2 Å². The fourth-order valence-corrected chi connectivity index (χ4v) is 2.80. The predicted molar refractivity (Wildman–Crippen MR) is 71.3 cm³/mol. The molecule has 0 saturated carbocycles. The molecule has 1 saturated heterocycles. The first kappa shape index (κ1) is 12.5. The van der Waals surface area contributed by atoms with E-state index in [4.69, 9.17) is 4.42 Å². The lowest BCUT2D eigenvalue weighted by Crippen LogP contribution is -2.31. The summed E-state index contributed by atoms with van der Waals surface area (Å²) in [4.78, 5) is 8.81. The highest BCUT2D eigenvalue weighted by molar-refractivity contribution is 8.14. The van der Waals surface area contributed by atoms with Crippen LogP contribution >= 0.6 is 11.8 Å². The van der Waals surface area contributed by atoms with Crippen molar-refractivity contribution in [3.63, 3.8) is 0 Å². The standard InChI is InChI=1S/C12H19N3OS/c1-7(2)10-6-17-12(15-10)13-5-11-14-8(3)9(4)16-11/h7,10H,5-6H2,1-4H3,(H,13,15). The lowest BCUT2D eigenvalue weighted by molar-refractivity contribution is 0.472. The van der Waals surface area contributed by atoms with E-state index < -0.39 is 0 Å². The number of oxazole rings is 1. The molecule has 94 valence electrons. The van der Waals surface area contributed by atoms with Gasteiger partial charge in [-0.1, -0.05) is 25.6 Å². The van der Waals surface area contributed by atoms with E-state index in [1.807, 2.05) is 13.8 Å². The molecular weight excluding hydrogens is 234 g/mol. The first-order valence-corrected chi connectivity index (χ1v) is 6.91. The maximum Gasteiger partial charge on any atom is 0.216 e. The number of nitrogens with one attached hydrogen (secondary N) is 1. The Kier molecular flexibility index (Phi) is 3.76. The number of hydrogen-bond acceptors (Lipinski definition) is 4. The van der Waals surface area contributed by atoms with Crippen LogP contribution in [-0.2, 0) is 6.54 Å². The largest absolute Gasteiger partial charge is 0.444 e. The number of rotatable bonds is 3. The topological polar surface area (TPSA) is 50.4 Å². The van der Waals surface area contributed by atoms with Gasteiger partial charge in [-0.15, -0.1) is 0 Å². The van der Waals surface area contributed by atoms with Crippen LogP contribution in [0.5, 0.6) is 0 Å². The maximum absolute atomic E-state index is 5.49. The van der Waals surface area contributed by atoms with Gasteiger partial charge in [0.25, 0.3) is 0 Å².